The van der Waals surface area contributed by atoms with Gasteiger partial charge < -0.3 is 10.2 Å². The summed E-state index contributed by atoms with van der Waals surface area (Å²) in [7, 11) is 0. The monoisotopic (exact) mass is 306 g/mol. The van der Waals surface area contributed by atoms with Crippen LogP contribution in [0.5, 0.6) is 0 Å². The molecule has 9 heteroatoms. The van der Waals surface area contributed by atoms with Crippen molar-refractivity contribution in [2.24, 2.45) is 0 Å². The Morgan fingerprint density at radius 3 is 2.90 bits per heavy atom. The lowest BCUT2D eigenvalue weighted by atomic mass is 10.3. The lowest BCUT2D eigenvalue weighted by Gasteiger charge is -2.33. The van der Waals surface area contributed by atoms with E-state index in [1.54, 1.807) is 11.0 Å². The fraction of sp³-hybridized carbons (Fsp3) is 0.583. The molecule has 1 aliphatic heterocycles. The fourth-order valence-corrected chi connectivity index (χ4v) is 3.17. The van der Waals surface area contributed by atoms with E-state index in [1.807, 2.05) is 18.7 Å². The minimum atomic E-state index is 0.407. The topological polar surface area (TPSA) is 84.7 Å². The first-order chi connectivity index (χ1) is 10.3. The Bertz CT molecular complexity index is 587. The first-order valence-electron chi connectivity index (χ1n) is 6.97. The molecule has 1 aliphatic rings. The van der Waals surface area contributed by atoms with Gasteiger partial charge in [0.2, 0.25) is 11.9 Å². The number of aromatic nitrogens is 6. The summed E-state index contributed by atoms with van der Waals surface area (Å²) in [4.78, 5) is 19.6. The molecule has 1 unspecified atom stereocenters. The summed E-state index contributed by atoms with van der Waals surface area (Å²) in [5.41, 5.74) is 0. The molecule has 0 spiro atoms. The van der Waals surface area contributed by atoms with Crippen molar-refractivity contribution in [3.05, 3.63) is 12.7 Å². The summed E-state index contributed by atoms with van der Waals surface area (Å²) in [6.45, 7) is 5.90. The van der Waals surface area contributed by atoms with Crippen LogP contribution in [-0.2, 0) is 0 Å². The van der Waals surface area contributed by atoms with Gasteiger partial charge in [-0.2, -0.15) is 36.5 Å². The third kappa shape index (κ3) is 3.07. The highest BCUT2D eigenvalue weighted by Crippen LogP contribution is 2.22. The van der Waals surface area contributed by atoms with Gasteiger partial charge in [-0.3, -0.25) is 0 Å². The number of nitrogens with one attached hydrogen (secondary N) is 1. The molecule has 2 aromatic rings. The summed E-state index contributed by atoms with van der Waals surface area (Å²) in [6.07, 6.45) is 3.06. The number of thioether (sulfide) groups is 1. The Balaban J connectivity index is 1.98. The van der Waals surface area contributed by atoms with Crippen LogP contribution in [0.2, 0.25) is 0 Å². The normalized spacial score (nSPS) is 18.8. The van der Waals surface area contributed by atoms with E-state index in [-0.39, 0.29) is 0 Å². The van der Waals surface area contributed by atoms with E-state index in [0.717, 1.165) is 24.6 Å². The SMILES string of the molecule is CCNc1nc(N2CCSCC2C)nc(-n2cncn2)n1. The lowest BCUT2D eigenvalue weighted by molar-refractivity contribution is 0.668. The molecule has 3 rings (SSSR count). The zero-order valence-corrected chi connectivity index (χ0v) is 12.9. The molecule has 1 N–H and O–H groups in total. The minimum Gasteiger partial charge on any atom is -0.354 e. The largest absolute Gasteiger partial charge is 0.354 e. The number of nitrogens with zero attached hydrogens (tertiary/aromatic N) is 7. The van der Waals surface area contributed by atoms with Gasteiger partial charge in [0.15, 0.2) is 0 Å². The molecule has 0 aromatic carbocycles. The molecule has 112 valence electrons. The third-order valence-electron chi connectivity index (χ3n) is 3.19. The van der Waals surface area contributed by atoms with Gasteiger partial charge in [-0.1, -0.05) is 0 Å². The lowest BCUT2D eigenvalue weighted by Crippen LogP contribution is -2.41. The van der Waals surface area contributed by atoms with Gasteiger partial charge in [-0.25, -0.2) is 4.98 Å². The molecule has 2 aromatic heterocycles. The maximum atomic E-state index is 4.55. The van der Waals surface area contributed by atoms with Crippen molar-refractivity contribution in [2.75, 3.05) is 34.8 Å². The van der Waals surface area contributed by atoms with Gasteiger partial charge in [0.25, 0.3) is 5.95 Å². The standard InChI is InChI=1S/C12H18N8S/c1-3-14-10-16-11(19-4-5-21-6-9(19)2)18-12(17-10)20-8-13-7-15-20/h7-9H,3-6H2,1-2H3,(H,14,16,17,18). The number of hydrogen-bond acceptors (Lipinski definition) is 8. The van der Waals surface area contributed by atoms with Crippen LogP contribution in [0.1, 0.15) is 13.8 Å². The van der Waals surface area contributed by atoms with E-state index < -0.39 is 0 Å². The van der Waals surface area contributed by atoms with Crippen LogP contribution < -0.4 is 10.2 Å². The van der Waals surface area contributed by atoms with E-state index in [9.17, 15) is 0 Å². The van der Waals surface area contributed by atoms with Crippen molar-refractivity contribution in [1.29, 1.82) is 0 Å². The molecule has 3 heterocycles. The van der Waals surface area contributed by atoms with E-state index in [0.29, 0.717) is 23.9 Å². The van der Waals surface area contributed by atoms with Gasteiger partial charge in [0.1, 0.15) is 12.7 Å². The second-order valence-corrected chi connectivity index (χ2v) is 5.90. The predicted octanol–water partition coefficient (Wildman–Crippen LogP) is 0.826. The Labute approximate surface area is 127 Å². The summed E-state index contributed by atoms with van der Waals surface area (Å²) < 4.78 is 1.55. The molecule has 1 saturated heterocycles. The third-order valence-corrected chi connectivity index (χ3v) is 4.38. The average molecular weight is 306 g/mol. The summed E-state index contributed by atoms with van der Waals surface area (Å²) in [6, 6.07) is 0.407. The van der Waals surface area contributed by atoms with Crippen molar-refractivity contribution < 1.29 is 0 Å². The van der Waals surface area contributed by atoms with Crippen molar-refractivity contribution >= 4 is 23.7 Å². The van der Waals surface area contributed by atoms with E-state index >= 15 is 0 Å². The van der Waals surface area contributed by atoms with E-state index in [2.05, 4.69) is 42.2 Å². The summed E-state index contributed by atoms with van der Waals surface area (Å²) in [5.74, 6) is 3.92. The highest BCUT2D eigenvalue weighted by Gasteiger charge is 2.23. The van der Waals surface area contributed by atoms with Crippen molar-refractivity contribution in [2.45, 2.75) is 19.9 Å². The first-order valence-corrected chi connectivity index (χ1v) is 8.12. The van der Waals surface area contributed by atoms with E-state index in [1.165, 1.54) is 6.33 Å². The Morgan fingerprint density at radius 1 is 1.33 bits per heavy atom. The molecular formula is C12H18N8S. The molecule has 0 saturated carbocycles. The Morgan fingerprint density at radius 2 is 2.19 bits per heavy atom. The Hall–Kier alpha value is -1.90. The molecule has 0 aliphatic carbocycles. The first kappa shape index (κ1) is 14.1. The quantitative estimate of drug-likeness (QED) is 0.889. The number of hydrogen-bond donors (Lipinski definition) is 1. The van der Waals surface area contributed by atoms with Crippen LogP contribution >= 0.6 is 11.8 Å². The van der Waals surface area contributed by atoms with Gasteiger partial charge in [-0.05, 0) is 13.8 Å². The van der Waals surface area contributed by atoms with Crippen molar-refractivity contribution in [1.82, 2.24) is 29.7 Å². The van der Waals surface area contributed by atoms with Gasteiger partial charge >= 0.3 is 0 Å². The summed E-state index contributed by atoms with van der Waals surface area (Å²) in [5, 5.41) is 7.24. The van der Waals surface area contributed by atoms with Crippen LogP contribution in [0.25, 0.3) is 5.95 Å². The van der Waals surface area contributed by atoms with Crippen LogP contribution in [0.3, 0.4) is 0 Å². The zero-order valence-electron chi connectivity index (χ0n) is 12.1. The predicted molar refractivity (Wildman–Crippen MR) is 83.0 cm³/mol. The molecule has 8 nitrogen and oxygen atoms in total. The molecule has 0 bridgehead atoms. The second-order valence-electron chi connectivity index (χ2n) is 4.75. The minimum absolute atomic E-state index is 0.407. The smallest absolute Gasteiger partial charge is 0.258 e. The second kappa shape index (κ2) is 6.25. The van der Waals surface area contributed by atoms with Crippen LogP contribution in [0.15, 0.2) is 12.7 Å². The van der Waals surface area contributed by atoms with Crippen LogP contribution in [-0.4, -0.2) is 60.4 Å². The number of anilines is 2. The maximum absolute atomic E-state index is 4.55. The van der Waals surface area contributed by atoms with Crippen molar-refractivity contribution in [3.8, 4) is 5.95 Å². The number of rotatable bonds is 4. The van der Waals surface area contributed by atoms with Gasteiger partial charge in [0.05, 0.1) is 0 Å². The maximum Gasteiger partial charge on any atom is 0.258 e. The highest BCUT2D eigenvalue weighted by molar-refractivity contribution is 7.99. The van der Waals surface area contributed by atoms with Crippen LogP contribution in [0, 0.1) is 0 Å². The van der Waals surface area contributed by atoms with Gasteiger partial charge in [0, 0.05) is 30.6 Å². The molecule has 21 heavy (non-hydrogen) atoms. The van der Waals surface area contributed by atoms with Gasteiger partial charge in [-0.15, -0.1) is 0 Å². The molecular weight excluding hydrogens is 288 g/mol. The highest BCUT2D eigenvalue weighted by atomic mass is 32.2. The fourth-order valence-electron chi connectivity index (χ4n) is 2.16. The van der Waals surface area contributed by atoms with E-state index in [4.69, 9.17) is 0 Å². The molecule has 1 atom stereocenters. The molecule has 0 amide bonds. The van der Waals surface area contributed by atoms with Crippen LogP contribution in [0.4, 0.5) is 11.9 Å². The molecule has 0 radical (unpaired) electrons. The summed E-state index contributed by atoms with van der Waals surface area (Å²) >= 11 is 1.96. The Kier molecular flexibility index (Phi) is 4.18. The zero-order chi connectivity index (χ0) is 14.7. The average Bonchev–Trinajstić information content (AvgIpc) is 3.02. The molecule has 1 fully saturated rings. The van der Waals surface area contributed by atoms with Crippen molar-refractivity contribution in [3.63, 3.8) is 0 Å².